The van der Waals surface area contributed by atoms with Crippen LogP contribution in [0.4, 0.5) is 5.69 Å². The van der Waals surface area contributed by atoms with Gasteiger partial charge >= 0.3 is 0 Å². The number of anilines is 1. The van der Waals surface area contributed by atoms with Crippen molar-refractivity contribution in [2.75, 3.05) is 5.73 Å². The van der Waals surface area contributed by atoms with Crippen molar-refractivity contribution in [3.63, 3.8) is 0 Å². The Morgan fingerprint density at radius 3 is 2.56 bits per heavy atom. The Morgan fingerprint density at radius 1 is 1.33 bits per heavy atom. The van der Waals surface area contributed by atoms with Crippen LogP contribution in [-0.4, -0.2) is 9.46 Å². The molecule has 100 valence electrons. The molecule has 1 aromatic rings. The zero-order valence-corrected chi connectivity index (χ0v) is 12.3. The van der Waals surface area contributed by atoms with E-state index in [0.29, 0.717) is 10.7 Å². The minimum atomic E-state index is -0.990. The van der Waals surface area contributed by atoms with Gasteiger partial charge in [0.1, 0.15) is 0 Å². The van der Waals surface area contributed by atoms with E-state index in [1.54, 1.807) is 18.2 Å². The summed E-state index contributed by atoms with van der Waals surface area (Å²) in [5.74, 6) is 0.820. The van der Waals surface area contributed by atoms with Gasteiger partial charge in [-0.25, -0.2) is 0 Å². The minimum Gasteiger partial charge on any atom is -0.398 e. The Labute approximate surface area is 116 Å². The summed E-state index contributed by atoms with van der Waals surface area (Å²) in [7, 11) is -0.990. The highest BCUT2D eigenvalue weighted by Crippen LogP contribution is 2.33. The van der Waals surface area contributed by atoms with Crippen LogP contribution < -0.4 is 5.73 Å². The molecule has 1 atom stereocenters. The summed E-state index contributed by atoms with van der Waals surface area (Å²) < 4.78 is 12.5. The number of halogens is 1. The quantitative estimate of drug-likeness (QED) is 0.853. The maximum atomic E-state index is 12.5. The normalized spacial score (nSPS) is 25.9. The minimum absolute atomic E-state index is 0.260. The highest BCUT2D eigenvalue weighted by Gasteiger charge is 2.26. The second-order valence-electron chi connectivity index (χ2n) is 5.03. The number of hydrogen-bond acceptors (Lipinski definition) is 2. The summed E-state index contributed by atoms with van der Waals surface area (Å²) in [6.07, 6.45) is 5.73. The smallest absolute Gasteiger partial charge is 0.0621 e. The van der Waals surface area contributed by atoms with E-state index >= 15 is 0 Å². The Balaban J connectivity index is 2.08. The van der Waals surface area contributed by atoms with Crippen LogP contribution in [0.5, 0.6) is 0 Å². The molecule has 2 rings (SSSR count). The highest BCUT2D eigenvalue weighted by molar-refractivity contribution is 7.85. The third-order valence-corrected chi connectivity index (χ3v) is 5.98. The summed E-state index contributed by atoms with van der Waals surface area (Å²) in [5, 5.41) is 0.860. The molecule has 1 saturated carbocycles. The third kappa shape index (κ3) is 3.07. The predicted octanol–water partition coefficient (Wildman–Crippen LogP) is 4.00. The lowest BCUT2D eigenvalue weighted by Gasteiger charge is -2.27. The maximum Gasteiger partial charge on any atom is 0.0621 e. The number of benzene rings is 1. The van der Waals surface area contributed by atoms with Crippen LogP contribution in [0.25, 0.3) is 0 Å². The molecule has 0 aromatic heterocycles. The second kappa shape index (κ2) is 6.07. The molecule has 2 nitrogen and oxygen atoms in total. The first-order valence-electron chi connectivity index (χ1n) is 6.57. The summed E-state index contributed by atoms with van der Waals surface area (Å²) >= 11 is 5.87. The van der Waals surface area contributed by atoms with Crippen molar-refractivity contribution in [3.8, 4) is 0 Å². The average Bonchev–Trinajstić information content (AvgIpc) is 2.38. The fraction of sp³-hybridized carbons (Fsp3) is 0.571. The number of nitrogen functional groups attached to an aromatic ring is 1. The molecule has 0 spiro atoms. The van der Waals surface area contributed by atoms with Crippen LogP contribution in [-0.2, 0) is 10.8 Å². The van der Waals surface area contributed by atoms with Crippen molar-refractivity contribution in [1.29, 1.82) is 0 Å². The van der Waals surface area contributed by atoms with E-state index in [1.165, 1.54) is 19.3 Å². The fourth-order valence-electron chi connectivity index (χ4n) is 2.64. The van der Waals surface area contributed by atoms with Gasteiger partial charge in [0.05, 0.1) is 15.7 Å². The van der Waals surface area contributed by atoms with Crippen LogP contribution in [0, 0.1) is 5.92 Å². The first-order chi connectivity index (χ1) is 8.61. The summed E-state index contributed by atoms with van der Waals surface area (Å²) in [6, 6.07) is 5.26. The molecule has 2 N–H and O–H groups in total. The molecule has 18 heavy (non-hydrogen) atoms. The SMILES string of the molecule is CCC1CCC(S(=O)c2ccc(Cl)cc2N)CC1. The third-order valence-electron chi connectivity index (χ3n) is 3.86. The molecule has 1 aliphatic carbocycles. The molecule has 0 bridgehead atoms. The Morgan fingerprint density at radius 2 is 2.00 bits per heavy atom. The largest absolute Gasteiger partial charge is 0.398 e. The number of nitrogens with two attached hydrogens (primary N) is 1. The lowest BCUT2D eigenvalue weighted by atomic mass is 9.87. The lowest BCUT2D eigenvalue weighted by molar-refractivity contribution is 0.353. The zero-order valence-electron chi connectivity index (χ0n) is 10.7. The van der Waals surface area contributed by atoms with Gasteiger partial charge in [-0.05, 0) is 49.8 Å². The second-order valence-corrected chi connectivity index (χ2v) is 7.17. The first-order valence-corrected chi connectivity index (χ1v) is 8.16. The first kappa shape index (κ1) is 13.9. The molecule has 1 aliphatic rings. The van der Waals surface area contributed by atoms with Gasteiger partial charge in [0.2, 0.25) is 0 Å². The maximum absolute atomic E-state index is 12.5. The van der Waals surface area contributed by atoms with E-state index in [0.717, 1.165) is 23.7 Å². The van der Waals surface area contributed by atoms with Gasteiger partial charge in [0.25, 0.3) is 0 Å². The van der Waals surface area contributed by atoms with Crippen molar-refractivity contribution in [2.45, 2.75) is 49.2 Å². The average molecular weight is 286 g/mol. The molecule has 0 radical (unpaired) electrons. The zero-order chi connectivity index (χ0) is 13.1. The molecule has 1 unspecified atom stereocenters. The Bertz CT molecular complexity index is 441. The van der Waals surface area contributed by atoms with Gasteiger partial charge in [0.15, 0.2) is 0 Å². The van der Waals surface area contributed by atoms with Gasteiger partial charge < -0.3 is 5.73 Å². The van der Waals surface area contributed by atoms with Crippen molar-refractivity contribution >= 4 is 28.1 Å². The highest BCUT2D eigenvalue weighted by atomic mass is 35.5. The van der Waals surface area contributed by atoms with Crippen molar-refractivity contribution in [1.82, 2.24) is 0 Å². The van der Waals surface area contributed by atoms with E-state index < -0.39 is 10.8 Å². The molecular formula is C14H20ClNOS. The fourth-order valence-corrected chi connectivity index (χ4v) is 4.37. The predicted molar refractivity (Wildman–Crippen MR) is 78.3 cm³/mol. The standard InChI is InChI=1S/C14H20ClNOS/c1-2-10-3-6-12(7-4-10)18(17)14-8-5-11(15)9-13(14)16/h5,8-10,12H,2-4,6-7,16H2,1H3. The number of hydrogen-bond donors (Lipinski definition) is 1. The summed E-state index contributed by atoms with van der Waals surface area (Å²) in [6.45, 7) is 2.24. The molecule has 1 fully saturated rings. The summed E-state index contributed by atoms with van der Waals surface area (Å²) in [5.41, 5.74) is 6.46. The van der Waals surface area contributed by atoms with E-state index in [2.05, 4.69) is 6.92 Å². The Kier molecular flexibility index (Phi) is 4.68. The molecular weight excluding hydrogens is 266 g/mol. The van der Waals surface area contributed by atoms with Gasteiger partial charge in [0, 0.05) is 16.0 Å². The molecule has 0 heterocycles. The number of rotatable bonds is 3. The van der Waals surface area contributed by atoms with Crippen molar-refractivity contribution in [2.24, 2.45) is 5.92 Å². The molecule has 0 amide bonds. The summed E-state index contributed by atoms with van der Waals surface area (Å²) in [4.78, 5) is 0.749. The van der Waals surface area contributed by atoms with Crippen LogP contribution in [0.3, 0.4) is 0 Å². The molecule has 0 saturated heterocycles. The topological polar surface area (TPSA) is 43.1 Å². The molecule has 1 aromatic carbocycles. The molecule has 4 heteroatoms. The van der Waals surface area contributed by atoms with Crippen LogP contribution in [0.1, 0.15) is 39.0 Å². The van der Waals surface area contributed by atoms with E-state index in [4.69, 9.17) is 17.3 Å². The van der Waals surface area contributed by atoms with Crippen molar-refractivity contribution < 1.29 is 4.21 Å². The van der Waals surface area contributed by atoms with Gasteiger partial charge in [-0.1, -0.05) is 24.9 Å². The van der Waals surface area contributed by atoms with E-state index in [1.807, 2.05) is 0 Å². The lowest BCUT2D eigenvalue weighted by Crippen LogP contribution is -2.23. The van der Waals surface area contributed by atoms with Gasteiger partial charge in [-0.3, -0.25) is 4.21 Å². The van der Waals surface area contributed by atoms with Crippen LogP contribution in [0.2, 0.25) is 5.02 Å². The molecule has 0 aliphatic heterocycles. The van der Waals surface area contributed by atoms with Gasteiger partial charge in [-0.2, -0.15) is 0 Å². The van der Waals surface area contributed by atoms with E-state index in [-0.39, 0.29) is 5.25 Å². The Hall–Kier alpha value is -0.540. The monoisotopic (exact) mass is 285 g/mol. The van der Waals surface area contributed by atoms with Crippen LogP contribution in [0.15, 0.2) is 23.1 Å². The van der Waals surface area contributed by atoms with Gasteiger partial charge in [-0.15, -0.1) is 0 Å². The van der Waals surface area contributed by atoms with Crippen LogP contribution >= 0.6 is 11.6 Å². The van der Waals surface area contributed by atoms with Crippen molar-refractivity contribution in [3.05, 3.63) is 23.2 Å². The van der Waals surface area contributed by atoms with E-state index in [9.17, 15) is 4.21 Å².